The summed E-state index contributed by atoms with van der Waals surface area (Å²) in [7, 11) is 0. The van der Waals surface area contributed by atoms with E-state index in [1.165, 1.54) is 0 Å². The van der Waals surface area contributed by atoms with Gasteiger partial charge in [-0.3, -0.25) is 9.59 Å². The van der Waals surface area contributed by atoms with Crippen molar-refractivity contribution in [3.8, 4) is 5.75 Å². The fourth-order valence-electron chi connectivity index (χ4n) is 1.86. The lowest BCUT2D eigenvalue weighted by Crippen LogP contribution is -2.50. The largest absolute Gasteiger partial charge is 0.419 e. The zero-order valence-electron chi connectivity index (χ0n) is 10.1. The Morgan fingerprint density at radius 1 is 1.05 bits per heavy atom. The molecule has 2 aliphatic heterocycles. The Bertz CT molecular complexity index is 749. The molecule has 0 radical (unpaired) electrons. The van der Waals surface area contributed by atoms with Gasteiger partial charge in [-0.1, -0.05) is 4.73 Å². The molecule has 0 saturated carbocycles. The first-order valence-corrected chi connectivity index (χ1v) is 5.56. The van der Waals surface area contributed by atoms with Crippen molar-refractivity contribution in [1.82, 2.24) is 9.46 Å². The topological polar surface area (TPSA) is 143 Å². The van der Waals surface area contributed by atoms with Crippen molar-refractivity contribution in [2.45, 2.75) is 18.4 Å². The molecule has 0 aliphatic carbocycles. The molecule has 1 unspecified atom stereocenters. The molecular weight excluding hydrogens is 292 g/mol. The molecule has 11 heteroatoms. The maximum Gasteiger partial charge on any atom is 0.398 e. The third kappa shape index (κ3) is 1.90. The number of hydrogen-bond acceptors (Lipinski definition) is 9. The van der Waals surface area contributed by atoms with E-state index in [1.54, 1.807) is 0 Å². The van der Waals surface area contributed by atoms with Crippen molar-refractivity contribution in [2.75, 3.05) is 0 Å². The van der Waals surface area contributed by atoms with Gasteiger partial charge < -0.3 is 19.5 Å². The minimum atomic E-state index is -2.62. The molecule has 1 atom stereocenters. The minimum Gasteiger partial charge on any atom is -0.419 e. The molecule has 0 fully saturated rings. The van der Waals surface area contributed by atoms with Gasteiger partial charge in [0, 0.05) is 0 Å². The average molecular weight is 298 g/mol. The summed E-state index contributed by atoms with van der Waals surface area (Å²) in [5, 5.41) is 10.1. The van der Waals surface area contributed by atoms with Crippen LogP contribution in [0.15, 0.2) is 15.8 Å². The van der Waals surface area contributed by atoms with Crippen molar-refractivity contribution >= 4 is 17.9 Å². The normalized spacial score (nSPS) is 24.1. The predicted octanol–water partition coefficient (Wildman–Crippen LogP) is -3.64. The van der Waals surface area contributed by atoms with E-state index in [-0.39, 0.29) is 9.46 Å². The first kappa shape index (κ1) is 13.1. The highest BCUT2D eigenvalue weighted by atomic mass is 16.7. The fourth-order valence-corrected chi connectivity index (χ4v) is 1.86. The monoisotopic (exact) mass is 298 g/mol. The highest BCUT2D eigenvalue weighted by Gasteiger charge is 2.47. The molecule has 0 amide bonds. The summed E-state index contributed by atoms with van der Waals surface area (Å²) in [6.45, 7) is 0. The number of nitrogens with zero attached hydrogens (tertiary/aromatic N) is 2. The van der Waals surface area contributed by atoms with Gasteiger partial charge in [0.2, 0.25) is 5.75 Å². The van der Waals surface area contributed by atoms with E-state index in [0.29, 0.717) is 6.20 Å². The van der Waals surface area contributed by atoms with Crippen LogP contribution in [0.3, 0.4) is 0 Å². The van der Waals surface area contributed by atoms with Gasteiger partial charge in [0.25, 0.3) is 0 Å². The number of esters is 1. The Balaban J connectivity index is 2.38. The molecule has 4 bridgehead atoms. The van der Waals surface area contributed by atoms with Crippen LogP contribution in [-0.2, 0) is 14.4 Å². The predicted molar refractivity (Wildman–Crippen MR) is 58.0 cm³/mol. The maximum atomic E-state index is 11.9. The van der Waals surface area contributed by atoms with Gasteiger partial charge >= 0.3 is 29.2 Å². The highest BCUT2D eigenvalue weighted by molar-refractivity contribution is 5.91. The summed E-state index contributed by atoms with van der Waals surface area (Å²) in [6.07, 6.45) is -1.25. The van der Waals surface area contributed by atoms with Crippen LogP contribution >= 0.6 is 0 Å². The summed E-state index contributed by atoms with van der Waals surface area (Å²) in [5.74, 6) is -4.56. The SMILES string of the molecule is O=C1CC2(O)CC(=O)On3cc(c(=O)n(c3=O)OC2=O)O1. The summed E-state index contributed by atoms with van der Waals surface area (Å²) in [4.78, 5) is 67.8. The molecule has 2 aliphatic rings. The minimum absolute atomic E-state index is 0.0696. The molecule has 3 rings (SSSR count). The second-order valence-corrected chi connectivity index (χ2v) is 4.40. The number of ether oxygens (including phenoxy) is 1. The van der Waals surface area contributed by atoms with Gasteiger partial charge in [0.1, 0.15) is 0 Å². The molecule has 1 aromatic heterocycles. The lowest BCUT2D eigenvalue weighted by molar-refractivity contribution is -0.174. The van der Waals surface area contributed by atoms with Gasteiger partial charge in [0.15, 0.2) is 5.60 Å². The van der Waals surface area contributed by atoms with Crippen molar-refractivity contribution < 1.29 is 33.9 Å². The average Bonchev–Trinajstić information content (AvgIpc) is 2.41. The number of fused-ring (bicyclic) bond motifs is 4. The molecule has 0 aromatic carbocycles. The second-order valence-electron chi connectivity index (χ2n) is 4.40. The van der Waals surface area contributed by atoms with Crippen molar-refractivity contribution in [1.29, 1.82) is 0 Å². The molecule has 110 valence electrons. The molecule has 11 nitrogen and oxygen atoms in total. The number of aromatic nitrogens is 2. The Hall–Kier alpha value is -2.95. The Morgan fingerprint density at radius 3 is 2.43 bits per heavy atom. The summed E-state index contributed by atoms with van der Waals surface area (Å²) < 4.78 is 4.83. The molecule has 1 N–H and O–H groups in total. The molecule has 0 saturated heterocycles. The van der Waals surface area contributed by atoms with Crippen LogP contribution in [-0.4, -0.2) is 38.1 Å². The number of carbonyl (C=O) groups is 3. The fraction of sp³-hybridized carbons (Fsp3) is 0.300. The van der Waals surface area contributed by atoms with E-state index < -0.39 is 53.3 Å². The number of rotatable bonds is 0. The second kappa shape index (κ2) is 4.02. The van der Waals surface area contributed by atoms with Crippen LogP contribution in [0.5, 0.6) is 5.75 Å². The van der Waals surface area contributed by atoms with Crippen LogP contribution in [0.4, 0.5) is 0 Å². The first-order valence-electron chi connectivity index (χ1n) is 5.56. The zero-order valence-corrected chi connectivity index (χ0v) is 10.1. The summed E-state index contributed by atoms with van der Waals surface area (Å²) in [5.41, 5.74) is -5.18. The Kier molecular flexibility index (Phi) is 2.50. The Morgan fingerprint density at radius 2 is 1.71 bits per heavy atom. The van der Waals surface area contributed by atoms with Crippen molar-refractivity contribution in [2.24, 2.45) is 0 Å². The van der Waals surface area contributed by atoms with E-state index in [2.05, 4.69) is 14.4 Å². The van der Waals surface area contributed by atoms with E-state index >= 15 is 0 Å². The molecular formula is C10H6N2O9. The first-order chi connectivity index (χ1) is 9.80. The van der Waals surface area contributed by atoms with Crippen LogP contribution < -0.4 is 25.7 Å². The number of hydrogen-bond donors (Lipinski definition) is 1. The summed E-state index contributed by atoms with van der Waals surface area (Å²) in [6, 6.07) is 0. The van der Waals surface area contributed by atoms with Gasteiger partial charge in [0.05, 0.1) is 19.0 Å². The highest BCUT2D eigenvalue weighted by Crippen LogP contribution is 2.20. The van der Waals surface area contributed by atoms with Crippen molar-refractivity contribution in [3.05, 3.63) is 27.0 Å². The van der Waals surface area contributed by atoms with Gasteiger partial charge in [-0.15, -0.1) is 4.73 Å². The van der Waals surface area contributed by atoms with E-state index in [1.807, 2.05) is 0 Å². The third-order valence-corrected chi connectivity index (χ3v) is 2.84. The lowest BCUT2D eigenvalue weighted by Gasteiger charge is -2.21. The number of carbonyl (C=O) groups excluding carboxylic acids is 3. The number of aliphatic hydroxyl groups is 1. The standard InChI is InChI=1S/C10H6N2O9/c13-5-1-10(18)2-6(14)20-11-3-4(19-5)7(15)12(9(11)17)21-8(10)16/h3,18H,1-2H2. The van der Waals surface area contributed by atoms with E-state index in [0.717, 1.165) is 0 Å². The maximum absolute atomic E-state index is 11.9. The van der Waals surface area contributed by atoms with Crippen LogP contribution in [0.25, 0.3) is 0 Å². The Labute approximate surface area is 113 Å². The van der Waals surface area contributed by atoms with Gasteiger partial charge in [-0.2, -0.15) is 0 Å². The zero-order chi connectivity index (χ0) is 15.4. The lowest BCUT2D eigenvalue weighted by atomic mass is 9.96. The van der Waals surface area contributed by atoms with Gasteiger partial charge in [-0.05, 0) is 0 Å². The quantitative estimate of drug-likeness (QED) is 0.479. The van der Waals surface area contributed by atoms with Crippen molar-refractivity contribution in [3.63, 3.8) is 0 Å². The van der Waals surface area contributed by atoms with Crippen LogP contribution in [0.1, 0.15) is 12.8 Å². The molecule has 0 spiro atoms. The molecule has 21 heavy (non-hydrogen) atoms. The molecule has 1 aromatic rings. The van der Waals surface area contributed by atoms with Crippen LogP contribution in [0, 0.1) is 0 Å². The molecule has 3 heterocycles. The smallest absolute Gasteiger partial charge is 0.398 e. The summed E-state index contributed by atoms with van der Waals surface area (Å²) >= 11 is 0. The third-order valence-electron chi connectivity index (χ3n) is 2.84. The van der Waals surface area contributed by atoms with E-state index in [4.69, 9.17) is 0 Å². The van der Waals surface area contributed by atoms with Crippen LogP contribution in [0.2, 0.25) is 0 Å². The van der Waals surface area contributed by atoms with Gasteiger partial charge in [-0.25, -0.2) is 14.4 Å². The van der Waals surface area contributed by atoms with E-state index in [9.17, 15) is 29.1 Å².